The Balaban J connectivity index is 1.79. The molecular formula is C18H25NO5S. The van der Waals surface area contributed by atoms with Gasteiger partial charge in [-0.3, -0.25) is 0 Å². The number of aryl methyl sites for hydroxylation is 3. The lowest BCUT2D eigenvalue weighted by Crippen LogP contribution is -2.29. The van der Waals surface area contributed by atoms with Crippen LogP contribution in [0.2, 0.25) is 0 Å². The van der Waals surface area contributed by atoms with Crippen LogP contribution in [0.25, 0.3) is 0 Å². The van der Waals surface area contributed by atoms with E-state index < -0.39 is 16.1 Å². The van der Waals surface area contributed by atoms with Gasteiger partial charge in [0.25, 0.3) is 0 Å². The van der Waals surface area contributed by atoms with Crippen LogP contribution in [-0.4, -0.2) is 32.9 Å². The summed E-state index contributed by atoms with van der Waals surface area (Å²) in [7, 11) is -1.81. The molecule has 2 rings (SSSR count). The summed E-state index contributed by atoms with van der Waals surface area (Å²) in [6.45, 7) is 3.77. The smallest absolute Gasteiger partial charge is 0.211 e. The SMILES string of the molecule is COc1ccc(CCS(=O)(=O)NCCC(O)c2cc(C)oc2C)cc1. The molecule has 1 atom stereocenters. The van der Waals surface area contributed by atoms with Crippen LogP contribution in [0.1, 0.15) is 35.2 Å². The maximum atomic E-state index is 12.1. The van der Waals surface area contributed by atoms with Gasteiger partial charge in [-0.2, -0.15) is 0 Å². The van der Waals surface area contributed by atoms with Gasteiger partial charge >= 0.3 is 0 Å². The first-order valence-corrected chi connectivity index (χ1v) is 9.81. The number of sulfonamides is 1. The van der Waals surface area contributed by atoms with Crippen LogP contribution < -0.4 is 9.46 Å². The second kappa shape index (κ2) is 8.51. The van der Waals surface area contributed by atoms with Crippen molar-refractivity contribution in [2.24, 2.45) is 0 Å². The highest BCUT2D eigenvalue weighted by molar-refractivity contribution is 7.89. The zero-order chi connectivity index (χ0) is 18.4. The molecule has 1 unspecified atom stereocenters. The minimum absolute atomic E-state index is 0.000724. The minimum Gasteiger partial charge on any atom is -0.497 e. The van der Waals surface area contributed by atoms with Crippen LogP contribution in [0.4, 0.5) is 0 Å². The summed E-state index contributed by atoms with van der Waals surface area (Å²) in [6, 6.07) is 9.09. The number of rotatable bonds is 9. The highest BCUT2D eigenvalue weighted by Gasteiger charge is 2.16. The molecule has 7 heteroatoms. The van der Waals surface area contributed by atoms with Gasteiger partial charge in [0.2, 0.25) is 10.0 Å². The van der Waals surface area contributed by atoms with Crippen LogP contribution in [0.3, 0.4) is 0 Å². The predicted molar refractivity (Wildman–Crippen MR) is 96.2 cm³/mol. The van der Waals surface area contributed by atoms with Gasteiger partial charge in [-0.1, -0.05) is 12.1 Å². The Hall–Kier alpha value is -1.83. The third-order valence-corrected chi connectivity index (χ3v) is 5.38. The molecule has 138 valence electrons. The summed E-state index contributed by atoms with van der Waals surface area (Å²) in [4.78, 5) is 0. The Kier molecular flexibility index (Phi) is 6.64. The summed E-state index contributed by atoms with van der Waals surface area (Å²) in [5.74, 6) is 2.13. The highest BCUT2D eigenvalue weighted by atomic mass is 32.2. The maximum Gasteiger partial charge on any atom is 0.211 e. The molecule has 2 N–H and O–H groups in total. The highest BCUT2D eigenvalue weighted by Crippen LogP contribution is 2.23. The van der Waals surface area contributed by atoms with Crippen molar-refractivity contribution < 1.29 is 22.7 Å². The Morgan fingerprint density at radius 2 is 1.92 bits per heavy atom. The fourth-order valence-electron chi connectivity index (χ4n) is 2.60. The third-order valence-electron chi connectivity index (χ3n) is 4.00. The number of aliphatic hydroxyl groups is 1. The van der Waals surface area contributed by atoms with Gasteiger partial charge in [0.1, 0.15) is 17.3 Å². The maximum absolute atomic E-state index is 12.1. The molecule has 0 fully saturated rings. The predicted octanol–water partition coefficient (Wildman–Crippen LogP) is 2.49. The standard InChI is InChI=1S/C18H25NO5S/c1-13-12-17(14(2)24-13)18(20)8-10-19-25(21,22)11-9-15-4-6-16(23-3)7-5-15/h4-7,12,18-20H,8-11H2,1-3H3. The Bertz CT molecular complexity index is 780. The molecule has 0 spiro atoms. The first kappa shape index (κ1) is 19.5. The van der Waals surface area contributed by atoms with Crippen molar-refractivity contribution in [1.29, 1.82) is 0 Å². The van der Waals surface area contributed by atoms with Crippen LogP contribution >= 0.6 is 0 Å². The Morgan fingerprint density at radius 1 is 1.24 bits per heavy atom. The van der Waals surface area contributed by atoms with E-state index in [4.69, 9.17) is 9.15 Å². The van der Waals surface area contributed by atoms with Crippen molar-refractivity contribution in [3.05, 3.63) is 53.0 Å². The zero-order valence-corrected chi connectivity index (χ0v) is 15.6. The van der Waals surface area contributed by atoms with Crippen LogP contribution in [0.5, 0.6) is 5.75 Å². The summed E-state index contributed by atoms with van der Waals surface area (Å²) < 4.78 is 37.2. The molecule has 0 saturated heterocycles. The molecule has 2 aromatic rings. The first-order chi connectivity index (χ1) is 11.8. The largest absolute Gasteiger partial charge is 0.497 e. The fourth-order valence-corrected chi connectivity index (χ4v) is 3.68. The van der Waals surface area contributed by atoms with E-state index in [9.17, 15) is 13.5 Å². The molecule has 0 amide bonds. The molecule has 0 aliphatic heterocycles. The van der Waals surface area contributed by atoms with Crippen LogP contribution in [-0.2, 0) is 16.4 Å². The van der Waals surface area contributed by atoms with Gasteiger partial charge < -0.3 is 14.3 Å². The quantitative estimate of drug-likeness (QED) is 0.711. The number of aliphatic hydroxyl groups excluding tert-OH is 1. The van der Waals surface area contributed by atoms with Crippen LogP contribution in [0, 0.1) is 13.8 Å². The van der Waals surface area contributed by atoms with E-state index in [0.29, 0.717) is 24.2 Å². The number of hydrogen-bond acceptors (Lipinski definition) is 5. The number of ether oxygens (including phenoxy) is 1. The van der Waals surface area contributed by atoms with Gasteiger partial charge in [0.15, 0.2) is 0 Å². The van der Waals surface area contributed by atoms with E-state index in [0.717, 1.165) is 17.1 Å². The summed E-state index contributed by atoms with van der Waals surface area (Å²) in [5, 5.41) is 10.2. The van der Waals surface area contributed by atoms with Gasteiger partial charge in [-0.15, -0.1) is 0 Å². The number of nitrogens with one attached hydrogen (secondary N) is 1. The number of benzene rings is 1. The van der Waals surface area contributed by atoms with E-state index in [1.165, 1.54) is 0 Å². The molecule has 1 aromatic carbocycles. The monoisotopic (exact) mass is 367 g/mol. The number of hydrogen-bond donors (Lipinski definition) is 2. The van der Waals surface area contributed by atoms with Gasteiger partial charge in [0.05, 0.1) is 19.0 Å². The summed E-state index contributed by atoms with van der Waals surface area (Å²) >= 11 is 0. The lowest BCUT2D eigenvalue weighted by Gasteiger charge is -2.11. The topological polar surface area (TPSA) is 88.8 Å². The summed E-state index contributed by atoms with van der Waals surface area (Å²) in [6.07, 6.45) is -0.0366. The second-order valence-corrected chi connectivity index (χ2v) is 7.91. The van der Waals surface area contributed by atoms with E-state index in [1.54, 1.807) is 32.2 Å². The third kappa shape index (κ3) is 5.88. The lowest BCUT2D eigenvalue weighted by molar-refractivity contribution is 0.167. The second-order valence-electron chi connectivity index (χ2n) is 5.98. The molecular weight excluding hydrogens is 342 g/mol. The fraction of sp³-hybridized carbons (Fsp3) is 0.444. The first-order valence-electron chi connectivity index (χ1n) is 8.16. The van der Waals surface area contributed by atoms with Crippen LogP contribution in [0.15, 0.2) is 34.7 Å². The van der Waals surface area contributed by atoms with Gasteiger partial charge in [-0.05, 0) is 50.5 Å². The molecule has 0 aliphatic carbocycles. The Morgan fingerprint density at radius 3 is 2.48 bits per heavy atom. The molecule has 1 heterocycles. The van der Waals surface area contributed by atoms with E-state index in [1.807, 2.05) is 19.1 Å². The van der Waals surface area contributed by atoms with Crippen molar-refractivity contribution >= 4 is 10.0 Å². The van der Waals surface area contributed by atoms with Crippen molar-refractivity contribution in [3.8, 4) is 5.75 Å². The minimum atomic E-state index is -3.39. The normalized spacial score (nSPS) is 13.0. The molecule has 0 saturated carbocycles. The van der Waals surface area contributed by atoms with Gasteiger partial charge in [0, 0.05) is 12.1 Å². The summed E-state index contributed by atoms with van der Waals surface area (Å²) in [5.41, 5.74) is 1.63. The molecule has 1 aromatic heterocycles. The number of furan rings is 1. The molecule has 0 radical (unpaired) electrons. The Labute approximate surface area is 148 Å². The van der Waals surface area contributed by atoms with E-state index in [-0.39, 0.29) is 12.3 Å². The average Bonchev–Trinajstić information content (AvgIpc) is 2.92. The zero-order valence-electron chi connectivity index (χ0n) is 14.8. The van der Waals surface area contributed by atoms with E-state index in [2.05, 4.69) is 4.72 Å². The van der Waals surface area contributed by atoms with Crippen molar-refractivity contribution in [3.63, 3.8) is 0 Å². The van der Waals surface area contributed by atoms with E-state index >= 15 is 0 Å². The van der Waals surface area contributed by atoms with Crippen molar-refractivity contribution in [1.82, 2.24) is 4.72 Å². The van der Waals surface area contributed by atoms with Crippen molar-refractivity contribution in [2.45, 2.75) is 32.8 Å². The van der Waals surface area contributed by atoms with Gasteiger partial charge in [-0.25, -0.2) is 13.1 Å². The lowest BCUT2D eigenvalue weighted by atomic mass is 10.1. The molecule has 25 heavy (non-hydrogen) atoms. The molecule has 0 aliphatic rings. The average molecular weight is 367 g/mol. The molecule has 0 bridgehead atoms. The molecule has 6 nitrogen and oxygen atoms in total. The number of methoxy groups -OCH3 is 1. The van der Waals surface area contributed by atoms with Crippen molar-refractivity contribution in [2.75, 3.05) is 19.4 Å².